The van der Waals surface area contributed by atoms with Gasteiger partial charge in [0.05, 0.1) is 0 Å². The first-order chi connectivity index (χ1) is 10.8. The molecule has 1 amide bonds. The lowest BCUT2D eigenvalue weighted by molar-refractivity contribution is 0.102. The molecule has 1 aliphatic rings. The maximum Gasteiger partial charge on any atom is 0.276 e. The van der Waals surface area contributed by atoms with E-state index in [0.29, 0.717) is 30.3 Å². The van der Waals surface area contributed by atoms with E-state index in [1.54, 1.807) is 12.1 Å². The molecule has 1 aliphatic heterocycles. The number of amides is 1. The first kappa shape index (κ1) is 14.3. The third-order valence-electron chi connectivity index (χ3n) is 3.48. The number of nitrogens with zero attached hydrogens (tertiary/aromatic N) is 1. The fourth-order valence-electron chi connectivity index (χ4n) is 2.42. The van der Waals surface area contributed by atoms with Crippen LogP contribution in [0.5, 0.6) is 5.75 Å². The number of anilines is 1. The van der Waals surface area contributed by atoms with Gasteiger partial charge in [-0.3, -0.25) is 9.89 Å². The average Bonchev–Trinajstić information content (AvgIpc) is 2.97. The molecule has 3 N–H and O–H groups in total. The first-order valence-electron chi connectivity index (χ1n) is 7.20. The molecule has 0 saturated heterocycles. The summed E-state index contributed by atoms with van der Waals surface area (Å²) < 4.78 is 5.46. The van der Waals surface area contributed by atoms with E-state index in [4.69, 9.17) is 4.74 Å². The molecule has 0 aliphatic carbocycles. The zero-order valence-electron chi connectivity index (χ0n) is 12.2. The number of nitrogens with one attached hydrogen (secondary N) is 3. The normalized spacial score (nSPS) is 13.3. The van der Waals surface area contributed by atoms with Crippen molar-refractivity contribution in [3.8, 4) is 5.75 Å². The fourth-order valence-corrected chi connectivity index (χ4v) is 2.42. The molecule has 0 fully saturated rings. The van der Waals surface area contributed by atoms with Gasteiger partial charge in [0.2, 0.25) is 0 Å². The molecule has 0 radical (unpaired) electrons. The highest BCUT2D eigenvalue weighted by molar-refractivity contribution is 6.04. The van der Waals surface area contributed by atoms with E-state index in [1.807, 2.05) is 18.2 Å². The van der Waals surface area contributed by atoms with Crippen molar-refractivity contribution in [2.75, 3.05) is 18.5 Å². The Hall–Kier alpha value is -2.60. The van der Waals surface area contributed by atoms with Gasteiger partial charge in [-0.05, 0) is 12.1 Å². The standard InChI is InChI=1S/C16H18N4O2/c1-2-8-22-12-5-3-4-11(9-12)18-16(21)15-13-10-17-7-6-14(13)19-20-15/h2-5,9,17H,1,6-8,10H2,(H,18,21)(H,19,20). The van der Waals surface area contributed by atoms with Crippen molar-refractivity contribution in [1.29, 1.82) is 0 Å². The van der Waals surface area contributed by atoms with Gasteiger partial charge in [-0.1, -0.05) is 18.7 Å². The summed E-state index contributed by atoms with van der Waals surface area (Å²) in [7, 11) is 0. The minimum Gasteiger partial charge on any atom is -0.489 e. The minimum atomic E-state index is -0.220. The van der Waals surface area contributed by atoms with Crippen LogP contribution >= 0.6 is 0 Å². The number of fused-ring (bicyclic) bond motifs is 1. The Morgan fingerprint density at radius 1 is 1.50 bits per heavy atom. The van der Waals surface area contributed by atoms with Crippen LogP contribution in [0.15, 0.2) is 36.9 Å². The largest absolute Gasteiger partial charge is 0.489 e. The molecule has 2 heterocycles. The van der Waals surface area contributed by atoms with Crippen molar-refractivity contribution >= 4 is 11.6 Å². The summed E-state index contributed by atoms with van der Waals surface area (Å²) in [4.78, 5) is 12.4. The Balaban J connectivity index is 1.74. The lowest BCUT2D eigenvalue weighted by Gasteiger charge is -2.13. The van der Waals surface area contributed by atoms with Crippen LogP contribution in [0.3, 0.4) is 0 Å². The molecule has 6 heteroatoms. The van der Waals surface area contributed by atoms with Crippen molar-refractivity contribution in [3.05, 3.63) is 53.9 Å². The summed E-state index contributed by atoms with van der Waals surface area (Å²) in [5.41, 5.74) is 3.10. The molecule has 6 nitrogen and oxygen atoms in total. The second-order valence-electron chi connectivity index (χ2n) is 5.04. The van der Waals surface area contributed by atoms with Gasteiger partial charge < -0.3 is 15.4 Å². The van der Waals surface area contributed by atoms with Crippen LogP contribution in [0.1, 0.15) is 21.7 Å². The molecule has 1 aromatic carbocycles. The van der Waals surface area contributed by atoms with E-state index in [0.717, 1.165) is 24.2 Å². The number of carbonyl (C=O) groups is 1. The van der Waals surface area contributed by atoms with Crippen molar-refractivity contribution in [1.82, 2.24) is 15.5 Å². The van der Waals surface area contributed by atoms with Gasteiger partial charge in [0, 0.05) is 42.5 Å². The number of carbonyl (C=O) groups excluding carboxylic acids is 1. The number of hydrogen-bond donors (Lipinski definition) is 3. The predicted octanol–water partition coefficient (Wildman–Crippen LogP) is 1.87. The molecule has 1 aromatic heterocycles. The Morgan fingerprint density at radius 3 is 3.27 bits per heavy atom. The van der Waals surface area contributed by atoms with E-state index >= 15 is 0 Å². The predicted molar refractivity (Wildman–Crippen MR) is 84.1 cm³/mol. The van der Waals surface area contributed by atoms with Gasteiger partial charge in [0.15, 0.2) is 5.69 Å². The minimum absolute atomic E-state index is 0.220. The van der Waals surface area contributed by atoms with Crippen molar-refractivity contribution in [3.63, 3.8) is 0 Å². The third-order valence-corrected chi connectivity index (χ3v) is 3.48. The molecule has 0 bridgehead atoms. The van der Waals surface area contributed by atoms with Crippen LogP contribution in [0.4, 0.5) is 5.69 Å². The van der Waals surface area contributed by atoms with E-state index in [2.05, 4.69) is 27.4 Å². The fraction of sp³-hybridized carbons (Fsp3) is 0.250. The summed E-state index contributed by atoms with van der Waals surface area (Å²) in [6.45, 7) is 5.60. The molecule has 22 heavy (non-hydrogen) atoms. The van der Waals surface area contributed by atoms with Crippen LogP contribution in [-0.4, -0.2) is 29.3 Å². The van der Waals surface area contributed by atoms with E-state index in [-0.39, 0.29) is 5.91 Å². The monoisotopic (exact) mass is 298 g/mol. The summed E-state index contributed by atoms with van der Waals surface area (Å²) in [6.07, 6.45) is 2.54. The lowest BCUT2D eigenvalue weighted by Crippen LogP contribution is -2.25. The van der Waals surface area contributed by atoms with Crippen LogP contribution in [0.25, 0.3) is 0 Å². The topological polar surface area (TPSA) is 79.0 Å². The number of aromatic nitrogens is 2. The summed E-state index contributed by atoms with van der Waals surface area (Å²) in [5, 5.41) is 13.2. The Morgan fingerprint density at radius 2 is 2.41 bits per heavy atom. The highest BCUT2D eigenvalue weighted by Crippen LogP contribution is 2.20. The number of H-pyrrole nitrogens is 1. The second-order valence-corrected chi connectivity index (χ2v) is 5.04. The van der Waals surface area contributed by atoms with E-state index in [1.165, 1.54) is 0 Å². The quantitative estimate of drug-likeness (QED) is 0.736. The van der Waals surface area contributed by atoms with E-state index < -0.39 is 0 Å². The van der Waals surface area contributed by atoms with Crippen molar-refractivity contribution in [2.24, 2.45) is 0 Å². The van der Waals surface area contributed by atoms with Crippen molar-refractivity contribution in [2.45, 2.75) is 13.0 Å². The SMILES string of the molecule is C=CCOc1cccc(NC(=O)c2n[nH]c3c2CNCC3)c1. The highest BCUT2D eigenvalue weighted by atomic mass is 16.5. The zero-order chi connectivity index (χ0) is 15.4. The zero-order valence-corrected chi connectivity index (χ0v) is 12.2. The Kier molecular flexibility index (Phi) is 4.20. The van der Waals surface area contributed by atoms with Gasteiger partial charge in [-0.2, -0.15) is 5.10 Å². The van der Waals surface area contributed by atoms with Crippen LogP contribution in [0, 0.1) is 0 Å². The molecule has 0 spiro atoms. The van der Waals surface area contributed by atoms with Gasteiger partial charge >= 0.3 is 0 Å². The maximum absolute atomic E-state index is 12.4. The number of hydrogen-bond acceptors (Lipinski definition) is 4. The maximum atomic E-state index is 12.4. The Labute approximate surface area is 128 Å². The molecule has 114 valence electrons. The summed E-state index contributed by atoms with van der Waals surface area (Å²) >= 11 is 0. The molecular formula is C16H18N4O2. The van der Waals surface area contributed by atoms with Crippen LogP contribution < -0.4 is 15.4 Å². The van der Waals surface area contributed by atoms with Gasteiger partial charge in [-0.15, -0.1) is 0 Å². The molecule has 0 saturated carbocycles. The molecule has 2 aromatic rings. The lowest BCUT2D eigenvalue weighted by atomic mass is 10.1. The van der Waals surface area contributed by atoms with Gasteiger partial charge in [-0.25, -0.2) is 0 Å². The number of benzene rings is 1. The summed E-state index contributed by atoms with van der Waals surface area (Å²) in [6, 6.07) is 7.25. The second kappa shape index (κ2) is 6.44. The number of rotatable bonds is 5. The molecule has 3 rings (SSSR count). The number of ether oxygens (including phenoxy) is 1. The molecule has 0 atom stereocenters. The molecular weight excluding hydrogens is 280 g/mol. The van der Waals surface area contributed by atoms with Crippen LogP contribution in [-0.2, 0) is 13.0 Å². The third kappa shape index (κ3) is 3.01. The van der Waals surface area contributed by atoms with E-state index in [9.17, 15) is 4.79 Å². The van der Waals surface area contributed by atoms with Crippen molar-refractivity contribution < 1.29 is 9.53 Å². The summed E-state index contributed by atoms with van der Waals surface area (Å²) in [5.74, 6) is 0.463. The van der Waals surface area contributed by atoms with Crippen LogP contribution in [0.2, 0.25) is 0 Å². The smallest absolute Gasteiger partial charge is 0.276 e. The van der Waals surface area contributed by atoms with Gasteiger partial charge in [0.25, 0.3) is 5.91 Å². The Bertz CT molecular complexity index is 693. The van der Waals surface area contributed by atoms with Gasteiger partial charge in [0.1, 0.15) is 12.4 Å². The highest BCUT2D eigenvalue weighted by Gasteiger charge is 2.21. The first-order valence-corrected chi connectivity index (χ1v) is 7.20. The number of aromatic amines is 1. The average molecular weight is 298 g/mol. The molecule has 0 unspecified atom stereocenters.